The van der Waals surface area contributed by atoms with Crippen LogP contribution in [0.15, 0.2) is 199 Å². The first-order valence-electron chi connectivity index (χ1n) is 17.4. The van der Waals surface area contributed by atoms with E-state index in [1.54, 1.807) is 0 Å². The summed E-state index contributed by atoms with van der Waals surface area (Å²) in [6.45, 7) is 0. The van der Waals surface area contributed by atoms with Gasteiger partial charge in [0.25, 0.3) is 0 Å². The fourth-order valence-electron chi connectivity index (χ4n) is 7.58. The lowest BCUT2D eigenvalue weighted by Crippen LogP contribution is -2.09. The summed E-state index contributed by atoms with van der Waals surface area (Å²) in [5.74, 6) is 0. The maximum atomic E-state index is 6.49. The molecule has 2 aromatic heterocycles. The summed E-state index contributed by atoms with van der Waals surface area (Å²) in [6, 6.07) is 69.1. The van der Waals surface area contributed by atoms with Crippen LogP contribution in [0.2, 0.25) is 0 Å². The minimum Gasteiger partial charge on any atom is -0.454 e. The van der Waals surface area contributed by atoms with Crippen LogP contribution in [-0.4, -0.2) is 4.57 Å². The Labute approximate surface area is 295 Å². The molecular formula is C48H32N2O. The normalized spacial score (nSPS) is 11.5. The minimum atomic E-state index is 0.902. The molecule has 0 radical (unpaired) electrons. The summed E-state index contributed by atoms with van der Waals surface area (Å²) in [7, 11) is 0. The zero-order valence-electron chi connectivity index (χ0n) is 27.8. The van der Waals surface area contributed by atoms with Crippen LogP contribution in [0, 0.1) is 0 Å². The van der Waals surface area contributed by atoms with Gasteiger partial charge in [-0.25, -0.2) is 0 Å². The molecule has 0 unspecified atom stereocenters. The second kappa shape index (κ2) is 11.9. The van der Waals surface area contributed by atoms with Crippen LogP contribution < -0.4 is 4.90 Å². The molecule has 51 heavy (non-hydrogen) atoms. The fraction of sp³-hybridized carbons (Fsp3) is 0. The number of hydrogen-bond acceptors (Lipinski definition) is 2. The van der Waals surface area contributed by atoms with E-state index in [-0.39, 0.29) is 0 Å². The van der Waals surface area contributed by atoms with Crippen molar-refractivity contribution in [2.75, 3.05) is 4.90 Å². The number of fused-ring (bicyclic) bond motifs is 6. The van der Waals surface area contributed by atoms with Crippen LogP contribution in [0.25, 0.3) is 71.7 Å². The molecule has 10 aromatic rings. The van der Waals surface area contributed by atoms with E-state index < -0.39 is 0 Å². The molecule has 10 rings (SSSR count). The van der Waals surface area contributed by atoms with Crippen LogP contribution in [0.1, 0.15) is 0 Å². The topological polar surface area (TPSA) is 21.3 Å². The summed E-state index contributed by atoms with van der Waals surface area (Å²) in [6.07, 6.45) is 0. The smallest absolute Gasteiger partial charge is 0.159 e. The molecule has 0 fully saturated rings. The van der Waals surface area contributed by atoms with Gasteiger partial charge in [-0.15, -0.1) is 0 Å². The molecule has 0 aliphatic heterocycles. The van der Waals surface area contributed by atoms with Gasteiger partial charge >= 0.3 is 0 Å². The van der Waals surface area contributed by atoms with Crippen LogP contribution in [0.5, 0.6) is 0 Å². The molecule has 0 N–H and O–H groups in total. The second-order valence-corrected chi connectivity index (χ2v) is 13.0. The summed E-state index contributed by atoms with van der Waals surface area (Å²) in [4.78, 5) is 2.31. The van der Waals surface area contributed by atoms with Gasteiger partial charge in [-0.3, -0.25) is 0 Å². The fourth-order valence-corrected chi connectivity index (χ4v) is 7.58. The Morgan fingerprint density at radius 2 is 0.882 bits per heavy atom. The van der Waals surface area contributed by atoms with E-state index in [9.17, 15) is 0 Å². The molecule has 0 bridgehead atoms. The standard InChI is InChI=1S/C48H32N2O/c1-3-12-33(13-4-1)34-22-27-38(28-23-34)49(37-14-5-2-6-15-37)39-29-24-35(25-30-39)36-26-31-45-43(32-36)40-16-7-9-19-44(40)50(45)46-20-11-18-42-41-17-8-10-21-47(41)51-48(42)46/h1-32H. The summed E-state index contributed by atoms with van der Waals surface area (Å²) in [5.41, 5.74) is 13.3. The van der Waals surface area contributed by atoms with Gasteiger partial charge in [0.1, 0.15) is 5.58 Å². The van der Waals surface area contributed by atoms with Crippen LogP contribution in [0.3, 0.4) is 0 Å². The Morgan fingerprint density at radius 1 is 0.353 bits per heavy atom. The van der Waals surface area contributed by atoms with Crippen molar-refractivity contribution in [2.24, 2.45) is 0 Å². The van der Waals surface area contributed by atoms with Gasteiger partial charge in [0.2, 0.25) is 0 Å². The number of para-hydroxylation sites is 4. The predicted octanol–water partition coefficient (Wildman–Crippen LogP) is 13.5. The minimum absolute atomic E-state index is 0.902. The number of rotatable bonds is 6. The number of aromatic nitrogens is 1. The molecule has 3 nitrogen and oxygen atoms in total. The molecule has 0 amide bonds. The summed E-state index contributed by atoms with van der Waals surface area (Å²) < 4.78 is 8.84. The quantitative estimate of drug-likeness (QED) is 0.178. The van der Waals surface area contributed by atoms with Crippen molar-refractivity contribution in [2.45, 2.75) is 0 Å². The van der Waals surface area contributed by atoms with E-state index >= 15 is 0 Å². The largest absolute Gasteiger partial charge is 0.454 e. The number of anilines is 3. The highest BCUT2D eigenvalue weighted by molar-refractivity contribution is 6.13. The van der Waals surface area contributed by atoms with E-state index in [4.69, 9.17) is 4.42 Å². The van der Waals surface area contributed by atoms with Crippen molar-refractivity contribution < 1.29 is 4.42 Å². The lowest BCUT2D eigenvalue weighted by Gasteiger charge is -2.26. The molecule has 0 aliphatic rings. The van der Waals surface area contributed by atoms with E-state index in [1.807, 2.05) is 12.1 Å². The highest BCUT2D eigenvalue weighted by Gasteiger charge is 2.18. The van der Waals surface area contributed by atoms with Gasteiger partial charge in [0.15, 0.2) is 5.58 Å². The van der Waals surface area contributed by atoms with Crippen molar-refractivity contribution in [1.82, 2.24) is 4.57 Å². The first kappa shape index (κ1) is 29.1. The van der Waals surface area contributed by atoms with Gasteiger partial charge in [0, 0.05) is 38.6 Å². The zero-order valence-corrected chi connectivity index (χ0v) is 27.8. The Hall–Kier alpha value is -6.84. The van der Waals surface area contributed by atoms with Crippen molar-refractivity contribution >= 4 is 60.8 Å². The number of benzene rings is 8. The molecular weight excluding hydrogens is 621 g/mol. The number of furan rings is 1. The highest BCUT2D eigenvalue weighted by Crippen LogP contribution is 2.40. The Bertz CT molecular complexity index is 2830. The average molecular weight is 653 g/mol. The third-order valence-corrected chi connectivity index (χ3v) is 10.0. The maximum absolute atomic E-state index is 6.49. The van der Waals surface area contributed by atoms with E-state index in [0.717, 1.165) is 55.7 Å². The van der Waals surface area contributed by atoms with Gasteiger partial charge in [-0.2, -0.15) is 0 Å². The average Bonchev–Trinajstić information content (AvgIpc) is 3.75. The molecule has 0 aliphatic carbocycles. The van der Waals surface area contributed by atoms with Gasteiger partial charge in [-0.05, 0) is 89.0 Å². The molecule has 0 spiro atoms. The monoisotopic (exact) mass is 652 g/mol. The van der Waals surface area contributed by atoms with E-state index in [1.165, 1.54) is 33.0 Å². The number of hydrogen-bond donors (Lipinski definition) is 0. The predicted molar refractivity (Wildman–Crippen MR) is 214 cm³/mol. The Balaban J connectivity index is 1.05. The molecule has 8 aromatic carbocycles. The van der Waals surface area contributed by atoms with Crippen molar-refractivity contribution in [3.63, 3.8) is 0 Å². The van der Waals surface area contributed by atoms with Crippen LogP contribution in [-0.2, 0) is 0 Å². The third kappa shape index (κ3) is 4.90. The third-order valence-electron chi connectivity index (χ3n) is 10.0. The summed E-state index contributed by atoms with van der Waals surface area (Å²) in [5, 5.41) is 4.69. The SMILES string of the molecule is c1ccc(-c2ccc(N(c3ccccc3)c3ccc(-c4ccc5c(c4)c4ccccc4n5-c4cccc5c4oc4ccccc45)cc3)cc2)cc1. The van der Waals surface area contributed by atoms with Gasteiger partial charge in [0.05, 0.1) is 16.7 Å². The second-order valence-electron chi connectivity index (χ2n) is 13.0. The van der Waals surface area contributed by atoms with E-state index in [2.05, 4.69) is 191 Å². The maximum Gasteiger partial charge on any atom is 0.159 e. The zero-order chi connectivity index (χ0) is 33.7. The first-order chi connectivity index (χ1) is 25.3. The first-order valence-corrected chi connectivity index (χ1v) is 17.4. The lowest BCUT2D eigenvalue weighted by atomic mass is 10.0. The van der Waals surface area contributed by atoms with Crippen molar-refractivity contribution in [1.29, 1.82) is 0 Å². The van der Waals surface area contributed by atoms with Crippen LogP contribution >= 0.6 is 0 Å². The van der Waals surface area contributed by atoms with Crippen molar-refractivity contribution in [3.05, 3.63) is 194 Å². The lowest BCUT2D eigenvalue weighted by molar-refractivity contribution is 0.666. The molecule has 0 saturated carbocycles. The Morgan fingerprint density at radius 3 is 1.63 bits per heavy atom. The molecule has 3 heteroatoms. The van der Waals surface area contributed by atoms with Gasteiger partial charge < -0.3 is 13.9 Å². The van der Waals surface area contributed by atoms with Gasteiger partial charge in [-0.1, -0.05) is 127 Å². The Kier molecular flexibility index (Phi) is 6.81. The number of nitrogens with zero attached hydrogens (tertiary/aromatic N) is 2. The molecule has 2 heterocycles. The molecule has 0 saturated heterocycles. The molecule has 240 valence electrons. The molecule has 0 atom stereocenters. The van der Waals surface area contributed by atoms with Crippen molar-refractivity contribution in [3.8, 4) is 27.9 Å². The highest BCUT2D eigenvalue weighted by atomic mass is 16.3. The summed E-state index contributed by atoms with van der Waals surface area (Å²) >= 11 is 0. The van der Waals surface area contributed by atoms with Crippen LogP contribution in [0.4, 0.5) is 17.1 Å². The van der Waals surface area contributed by atoms with E-state index in [0.29, 0.717) is 0 Å².